The molecule has 0 aliphatic rings. The number of benzene rings is 2. The first-order valence-corrected chi connectivity index (χ1v) is 9.44. The van der Waals surface area contributed by atoms with Gasteiger partial charge in [-0.3, -0.25) is 14.2 Å². The normalized spacial score (nSPS) is 11.4. The zero-order chi connectivity index (χ0) is 20.5. The molecule has 4 aromatic rings. The minimum absolute atomic E-state index is 0.00356. The highest BCUT2D eigenvalue weighted by atomic mass is 19.1. The van der Waals surface area contributed by atoms with Crippen LogP contribution in [-0.2, 0) is 17.9 Å². The van der Waals surface area contributed by atoms with Crippen LogP contribution in [0.4, 0.5) is 4.39 Å². The van der Waals surface area contributed by atoms with Crippen LogP contribution >= 0.6 is 0 Å². The summed E-state index contributed by atoms with van der Waals surface area (Å²) < 4.78 is 16.4. The summed E-state index contributed by atoms with van der Waals surface area (Å²) in [6, 6.07) is 13.5. The number of hydrogen-bond donors (Lipinski definition) is 1. The molecule has 0 spiro atoms. The standard InChI is InChI=1S/C22H21FN4O2/c1-14(2)25-19(28)12-27-18-6-4-3-5-17(18)20-21(27)22(29)26(13-24-20)11-15-7-9-16(23)10-8-15/h3-10,13-14H,11-12H2,1-2H3,(H,25,28). The molecule has 1 N–H and O–H groups in total. The summed E-state index contributed by atoms with van der Waals surface area (Å²) >= 11 is 0. The Labute approximate surface area is 166 Å². The van der Waals surface area contributed by atoms with E-state index in [0.29, 0.717) is 11.0 Å². The Kier molecular flexibility index (Phi) is 4.88. The fourth-order valence-corrected chi connectivity index (χ4v) is 3.52. The smallest absolute Gasteiger partial charge is 0.278 e. The fraction of sp³-hybridized carbons (Fsp3) is 0.227. The van der Waals surface area contributed by atoms with E-state index in [4.69, 9.17) is 0 Å². The number of amides is 1. The van der Waals surface area contributed by atoms with Crippen molar-refractivity contribution in [1.29, 1.82) is 0 Å². The number of carbonyl (C=O) groups is 1. The van der Waals surface area contributed by atoms with Gasteiger partial charge in [-0.2, -0.15) is 0 Å². The van der Waals surface area contributed by atoms with E-state index in [1.807, 2.05) is 38.1 Å². The van der Waals surface area contributed by atoms with Crippen molar-refractivity contribution in [2.45, 2.75) is 33.0 Å². The van der Waals surface area contributed by atoms with Gasteiger partial charge in [0, 0.05) is 11.4 Å². The van der Waals surface area contributed by atoms with Crippen molar-refractivity contribution in [1.82, 2.24) is 19.4 Å². The summed E-state index contributed by atoms with van der Waals surface area (Å²) in [7, 11) is 0. The molecule has 0 atom stereocenters. The monoisotopic (exact) mass is 392 g/mol. The molecule has 0 saturated carbocycles. The quantitative estimate of drug-likeness (QED) is 0.568. The second-order valence-electron chi connectivity index (χ2n) is 7.33. The molecule has 0 unspecified atom stereocenters. The molecular formula is C22H21FN4O2. The Morgan fingerprint density at radius 3 is 2.59 bits per heavy atom. The third kappa shape index (κ3) is 3.63. The summed E-state index contributed by atoms with van der Waals surface area (Å²) in [4.78, 5) is 30.2. The number of fused-ring (bicyclic) bond motifs is 3. The van der Waals surface area contributed by atoms with Crippen LogP contribution in [0.1, 0.15) is 19.4 Å². The highest BCUT2D eigenvalue weighted by Crippen LogP contribution is 2.25. The molecule has 0 bridgehead atoms. The zero-order valence-electron chi connectivity index (χ0n) is 16.2. The van der Waals surface area contributed by atoms with Gasteiger partial charge in [-0.1, -0.05) is 30.3 Å². The van der Waals surface area contributed by atoms with Crippen molar-refractivity contribution >= 4 is 27.8 Å². The maximum atomic E-state index is 13.3. The summed E-state index contributed by atoms with van der Waals surface area (Å²) in [6.07, 6.45) is 1.50. The van der Waals surface area contributed by atoms with Gasteiger partial charge in [-0.15, -0.1) is 0 Å². The Balaban J connectivity index is 1.86. The average Bonchev–Trinajstić information content (AvgIpc) is 2.99. The molecule has 1 amide bonds. The molecule has 0 aliphatic heterocycles. The van der Waals surface area contributed by atoms with Crippen LogP contribution in [0.5, 0.6) is 0 Å². The molecule has 29 heavy (non-hydrogen) atoms. The molecular weight excluding hydrogens is 371 g/mol. The molecule has 6 nitrogen and oxygen atoms in total. The molecule has 4 rings (SSSR count). The van der Waals surface area contributed by atoms with Gasteiger partial charge in [-0.25, -0.2) is 9.37 Å². The Hall–Kier alpha value is -3.48. The summed E-state index contributed by atoms with van der Waals surface area (Å²) in [5.41, 5.74) is 2.28. The molecule has 0 fully saturated rings. The molecule has 0 aliphatic carbocycles. The SMILES string of the molecule is CC(C)NC(=O)Cn1c2ccccc2c2ncn(Cc3ccc(F)cc3)c(=O)c21. The molecule has 7 heteroatoms. The molecule has 0 saturated heterocycles. The summed E-state index contributed by atoms with van der Waals surface area (Å²) in [5, 5.41) is 3.69. The Morgan fingerprint density at radius 2 is 1.86 bits per heavy atom. The van der Waals surface area contributed by atoms with Gasteiger partial charge in [0.25, 0.3) is 5.56 Å². The lowest BCUT2D eigenvalue weighted by Crippen LogP contribution is -2.33. The molecule has 148 valence electrons. The van der Waals surface area contributed by atoms with Crippen molar-refractivity contribution in [3.63, 3.8) is 0 Å². The van der Waals surface area contributed by atoms with Crippen molar-refractivity contribution in [3.8, 4) is 0 Å². The highest BCUT2D eigenvalue weighted by Gasteiger charge is 2.18. The number of nitrogens with zero attached hydrogens (tertiary/aromatic N) is 3. The van der Waals surface area contributed by atoms with E-state index in [-0.39, 0.29) is 36.4 Å². The maximum Gasteiger partial charge on any atom is 0.278 e. The zero-order valence-corrected chi connectivity index (χ0v) is 16.2. The molecule has 2 aromatic heterocycles. The van der Waals surface area contributed by atoms with Gasteiger partial charge >= 0.3 is 0 Å². The topological polar surface area (TPSA) is 68.9 Å². The second kappa shape index (κ2) is 7.50. The van der Waals surface area contributed by atoms with Crippen LogP contribution in [0, 0.1) is 5.82 Å². The lowest BCUT2D eigenvalue weighted by Gasteiger charge is -2.11. The van der Waals surface area contributed by atoms with E-state index in [0.717, 1.165) is 16.5 Å². The first kappa shape index (κ1) is 18.9. The third-order valence-electron chi connectivity index (χ3n) is 4.75. The predicted octanol–water partition coefficient (Wildman–Crippen LogP) is 3.06. The number of rotatable bonds is 5. The van der Waals surface area contributed by atoms with Gasteiger partial charge in [-0.05, 0) is 37.6 Å². The van der Waals surface area contributed by atoms with Crippen LogP contribution < -0.4 is 10.9 Å². The number of hydrogen-bond acceptors (Lipinski definition) is 3. The van der Waals surface area contributed by atoms with Gasteiger partial charge in [0.2, 0.25) is 5.91 Å². The molecule has 0 radical (unpaired) electrons. The van der Waals surface area contributed by atoms with Gasteiger partial charge < -0.3 is 9.88 Å². The predicted molar refractivity (Wildman–Crippen MR) is 110 cm³/mol. The minimum Gasteiger partial charge on any atom is -0.352 e. The number of aromatic nitrogens is 3. The lowest BCUT2D eigenvalue weighted by atomic mass is 10.2. The number of nitrogens with one attached hydrogen (secondary N) is 1. The number of carbonyl (C=O) groups excluding carboxylic acids is 1. The Bertz CT molecular complexity index is 1260. The minimum atomic E-state index is -0.328. The van der Waals surface area contributed by atoms with Crippen molar-refractivity contribution in [2.75, 3.05) is 0 Å². The summed E-state index contributed by atoms with van der Waals surface area (Å²) in [6.45, 7) is 4.07. The van der Waals surface area contributed by atoms with Crippen LogP contribution in [0.15, 0.2) is 59.7 Å². The van der Waals surface area contributed by atoms with Crippen molar-refractivity contribution in [3.05, 3.63) is 76.6 Å². The lowest BCUT2D eigenvalue weighted by molar-refractivity contribution is -0.122. The van der Waals surface area contributed by atoms with Crippen LogP contribution in [0.25, 0.3) is 21.9 Å². The van der Waals surface area contributed by atoms with Crippen molar-refractivity contribution < 1.29 is 9.18 Å². The average molecular weight is 392 g/mol. The first-order chi connectivity index (χ1) is 13.9. The molecule has 2 aromatic carbocycles. The number of para-hydroxylation sites is 1. The second-order valence-corrected chi connectivity index (χ2v) is 7.33. The van der Waals surface area contributed by atoms with Crippen LogP contribution in [0.3, 0.4) is 0 Å². The van der Waals surface area contributed by atoms with E-state index >= 15 is 0 Å². The van der Waals surface area contributed by atoms with Gasteiger partial charge in [0.15, 0.2) is 0 Å². The Morgan fingerprint density at radius 1 is 1.14 bits per heavy atom. The number of halogens is 1. The first-order valence-electron chi connectivity index (χ1n) is 9.44. The van der Waals surface area contributed by atoms with Crippen molar-refractivity contribution in [2.24, 2.45) is 0 Å². The van der Waals surface area contributed by atoms with E-state index in [2.05, 4.69) is 10.3 Å². The van der Waals surface area contributed by atoms with E-state index < -0.39 is 0 Å². The molecule has 2 heterocycles. The van der Waals surface area contributed by atoms with E-state index in [1.165, 1.54) is 23.0 Å². The summed E-state index contributed by atoms with van der Waals surface area (Å²) in [5.74, 6) is -0.498. The maximum absolute atomic E-state index is 13.3. The van der Waals surface area contributed by atoms with E-state index in [9.17, 15) is 14.0 Å². The van der Waals surface area contributed by atoms with E-state index in [1.54, 1.807) is 16.7 Å². The van der Waals surface area contributed by atoms with Gasteiger partial charge in [0.05, 0.1) is 18.4 Å². The van der Waals surface area contributed by atoms with Crippen LogP contribution in [0.2, 0.25) is 0 Å². The van der Waals surface area contributed by atoms with Gasteiger partial charge in [0.1, 0.15) is 23.4 Å². The van der Waals surface area contributed by atoms with Crippen LogP contribution in [-0.4, -0.2) is 26.1 Å². The highest BCUT2D eigenvalue weighted by molar-refractivity contribution is 6.06. The third-order valence-corrected chi connectivity index (χ3v) is 4.75. The fourth-order valence-electron chi connectivity index (χ4n) is 3.52. The largest absolute Gasteiger partial charge is 0.352 e.